The average Bonchev–Trinajstić information content (AvgIpc) is 2.95. The minimum Gasteiger partial charge on any atom is -0.379 e. The molecular formula is C31H32N2O7S2. The molecule has 0 radical (unpaired) electrons. The van der Waals surface area contributed by atoms with E-state index in [2.05, 4.69) is 10.6 Å². The molecule has 0 bridgehead atoms. The number of carbonyl (C=O) groups excluding carboxylic acids is 1. The number of carbonyl (C=O) groups is 1. The van der Waals surface area contributed by atoms with Gasteiger partial charge in [0.15, 0.2) is 0 Å². The van der Waals surface area contributed by atoms with Crippen LogP contribution in [0.3, 0.4) is 0 Å². The molecule has 42 heavy (non-hydrogen) atoms. The molecule has 0 unspecified atom stereocenters. The van der Waals surface area contributed by atoms with Crippen LogP contribution in [0.25, 0.3) is 0 Å². The van der Waals surface area contributed by atoms with Crippen molar-refractivity contribution in [3.63, 3.8) is 0 Å². The first-order chi connectivity index (χ1) is 20.1. The van der Waals surface area contributed by atoms with Crippen molar-refractivity contribution in [1.29, 1.82) is 0 Å². The van der Waals surface area contributed by atoms with Crippen molar-refractivity contribution in [2.45, 2.75) is 49.3 Å². The lowest BCUT2D eigenvalue weighted by atomic mass is 10.1. The van der Waals surface area contributed by atoms with E-state index in [-0.39, 0.29) is 21.3 Å². The van der Waals surface area contributed by atoms with E-state index in [1.165, 1.54) is 60.7 Å². The van der Waals surface area contributed by atoms with Crippen LogP contribution in [0, 0.1) is 0 Å². The Kier molecular flexibility index (Phi) is 9.87. The van der Waals surface area contributed by atoms with E-state index in [0.29, 0.717) is 11.4 Å². The standard InChI is InChI=1S/C31H32N2O7S2/c1-3-6-23-10-18-29(19-11-23)41(35,36)39-27-16-14-25(15-17-27)32-31(34)33-26-8-5-9-28(22-26)40-42(37,38)30-20-12-24(7-4-2)13-21-30/h5,8-22H,3-4,6-7H2,1-2H3,(H2,32,33,34). The fraction of sp³-hybridized carbons (Fsp3) is 0.194. The van der Waals surface area contributed by atoms with Gasteiger partial charge in [-0.2, -0.15) is 16.8 Å². The SMILES string of the molecule is CCCc1ccc(S(=O)(=O)Oc2ccc(NC(=O)Nc3cccc(OS(=O)(=O)c4ccc(CCC)cc4)c3)cc2)cc1. The first kappa shape index (κ1) is 30.6. The molecule has 2 amide bonds. The molecule has 0 atom stereocenters. The van der Waals surface area contributed by atoms with E-state index in [1.54, 1.807) is 36.4 Å². The van der Waals surface area contributed by atoms with E-state index in [0.717, 1.165) is 36.8 Å². The molecule has 220 valence electrons. The van der Waals surface area contributed by atoms with Crippen LogP contribution < -0.4 is 19.0 Å². The summed E-state index contributed by atoms with van der Waals surface area (Å²) in [5, 5.41) is 5.24. The van der Waals surface area contributed by atoms with Crippen LogP contribution in [0.15, 0.2) is 107 Å². The van der Waals surface area contributed by atoms with E-state index < -0.39 is 26.3 Å². The first-order valence-corrected chi connectivity index (χ1v) is 16.2. The van der Waals surface area contributed by atoms with Gasteiger partial charge in [0.05, 0.1) is 0 Å². The molecule has 11 heteroatoms. The highest BCUT2D eigenvalue weighted by Crippen LogP contribution is 2.24. The van der Waals surface area contributed by atoms with E-state index >= 15 is 0 Å². The topological polar surface area (TPSA) is 128 Å². The summed E-state index contributed by atoms with van der Waals surface area (Å²) in [6.45, 7) is 4.09. The van der Waals surface area contributed by atoms with Crippen LogP contribution >= 0.6 is 0 Å². The minimum atomic E-state index is -4.06. The molecule has 9 nitrogen and oxygen atoms in total. The number of amides is 2. The van der Waals surface area contributed by atoms with E-state index in [4.69, 9.17) is 8.37 Å². The third-order valence-corrected chi connectivity index (χ3v) is 8.64. The maximum Gasteiger partial charge on any atom is 0.339 e. The lowest BCUT2D eigenvalue weighted by Crippen LogP contribution is -2.19. The van der Waals surface area contributed by atoms with Gasteiger partial charge in [-0.25, -0.2) is 4.79 Å². The summed E-state index contributed by atoms with van der Waals surface area (Å²) < 4.78 is 61.1. The van der Waals surface area contributed by atoms with Crippen molar-refractivity contribution in [3.05, 3.63) is 108 Å². The second-order valence-corrected chi connectivity index (χ2v) is 12.6. The zero-order valence-electron chi connectivity index (χ0n) is 23.2. The number of urea groups is 1. The van der Waals surface area contributed by atoms with Gasteiger partial charge in [-0.3, -0.25) is 0 Å². The van der Waals surface area contributed by atoms with Gasteiger partial charge in [0.2, 0.25) is 0 Å². The van der Waals surface area contributed by atoms with Crippen molar-refractivity contribution >= 4 is 37.6 Å². The quantitative estimate of drug-likeness (QED) is 0.170. The Hall–Kier alpha value is -4.35. The first-order valence-electron chi connectivity index (χ1n) is 13.4. The van der Waals surface area contributed by atoms with Gasteiger partial charge < -0.3 is 19.0 Å². The number of hydrogen-bond acceptors (Lipinski definition) is 7. The largest absolute Gasteiger partial charge is 0.379 e. The molecule has 4 rings (SSSR count). The summed E-state index contributed by atoms with van der Waals surface area (Å²) >= 11 is 0. The van der Waals surface area contributed by atoms with Crippen LogP contribution in [0.2, 0.25) is 0 Å². The fourth-order valence-corrected chi connectivity index (χ4v) is 5.94. The maximum absolute atomic E-state index is 12.7. The Morgan fingerprint density at radius 2 is 1.07 bits per heavy atom. The van der Waals surface area contributed by atoms with Gasteiger partial charge >= 0.3 is 26.3 Å². The van der Waals surface area contributed by atoms with Gasteiger partial charge in [0.25, 0.3) is 0 Å². The molecule has 2 N–H and O–H groups in total. The van der Waals surface area contributed by atoms with Crippen molar-refractivity contribution in [3.8, 4) is 11.5 Å². The van der Waals surface area contributed by atoms with E-state index in [9.17, 15) is 21.6 Å². The van der Waals surface area contributed by atoms with Crippen molar-refractivity contribution in [1.82, 2.24) is 0 Å². The number of anilines is 2. The number of hydrogen-bond donors (Lipinski definition) is 2. The molecule has 4 aromatic rings. The van der Waals surface area contributed by atoms with Gasteiger partial charge in [-0.05, 0) is 84.6 Å². The molecule has 0 aliphatic carbocycles. The van der Waals surface area contributed by atoms with E-state index in [1.807, 2.05) is 13.8 Å². The zero-order chi connectivity index (χ0) is 30.2. The summed E-state index contributed by atoms with van der Waals surface area (Å²) in [5.41, 5.74) is 2.76. The second-order valence-electron chi connectivity index (χ2n) is 9.49. The Bertz CT molecular complexity index is 1720. The van der Waals surface area contributed by atoms with Crippen molar-refractivity contribution < 1.29 is 30.0 Å². The van der Waals surface area contributed by atoms with Crippen LogP contribution in [-0.4, -0.2) is 22.9 Å². The summed E-state index contributed by atoms with van der Waals surface area (Å²) in [5.74, 6) is 0.123. The normalized spacial score (nSPS) is 11.5. The lowest BCUT2D eigenvalue weighted by molar-refractivity contribution is 0.262. The highest BCUT2D eigenvalue weighted by Gasteiger charge is 2.18. The number of nitrogens with one attached hydrogen (secondary N) is 2. The molecule has 0 saturated carbocycles. The number of aryl methyl sites for hydroxylation is 2. The Balaban J connectivity index is 1.34. The summed E-state index contributed by atoms with van der Waals surface area (Å²) in [4.78, 5) is 12.6. The molecule has 0 spiro atoms. The van der Waals surface area contributed by atoms with Gasteiger partial charge in [0, 0.05) is 17.4 Å². The van der Waals surface area contributed by atoms with Gasteiger partial charge in [0.1, 0.15) is 21.3 Å². The highest BCUT2D eigenvalue weighted by molar-refractivity contribution is 7.87. The lowest BCUT2D eigenvalue weighted by Gasteiger charge is -2.11. The average molecular weight is 609 g/mol. The monoisotopic (exact) mass is 608 g/mol. The van der Waals surface area contributed by atoms with Gasteiger partial charge in [-0.15, -0.1) is 0 Å². The second kappa shape index (κ2) is 13.5. The highest BCUT2D eigenvalue weighted by atomic mass is 32.2. The molecule has 0 aliphatic rings. The molecule has 0 saturated heterocycles. The van der Waals surface area contributed by atoms with Crippen LogP contribution in [0.4, 0.5) is 16.2 Å². The van der Waals surface area contributed by atoms with Gasteiger partial charge in [-0.1, -0.05) is 57.0 Å². The molecule has 0 aliphatic heterocycles. The minimum absolute atomic E-state index is 0.0311. The third kappa shape index (κ3) is 8.34. The zero-order valence-corrected chi connectivity index (χ0v) is 24.9. The van der Waals surface area contributed by atoms with Crippen LogP contribution in [-0.2, 0) is 33.1 Å². The Morgan fingerprint density at radius 1 is 0.595 bits per heavy atom. The number of rotatable bonds is 12. The third-order valence-electron chi connectivity index (χ3n) is 6.12. The van der Waals surface area contributed by atoms with Crippen molar-refractivity contribution in [2.24, 2.45) is 0 Å². The Labute approximate surface area is 246 Å². The predicted octanol–water partition coefficient (Wildman–Crippen LogP) is 6.77. The Morgan fingerprint density at radius 3 is 1.57 bits per heavy atom. The number of benzene rings is 4. The predicted molar refractivity (Wildman–Crippen MR) is 162 cm³/mol. The summed E-state index contributed by atoms with van der Waals surface area (Å²) in [6.07, 6.45) is 3.62. The maximum atomic E-state index is 12.7. The van der Waals surface area contributed by atoms with Crippen LogP contribution in [0.1, 0.15) is 37.8 Å². The van der Waals surface area contributed by atoms with Crippen molar-refractivity contribution in [2.75, 3.05) is 10.6 Å². The summed E-state index contributed by atoms with van der Waals surface area (Å²) in [7, 11) is -8.08. The molecule has 0 heterocycles. The molecule has 0 aromatic heterocycles. The molecule has 0 fully saturated rings. The molecular weight excluding hydrogens is 576 g/mol. The van der Waals surface area contributed by atoms with Crippen LogP contribution in [0.5, 0.6) is 11.5 Å². The summed E-state index contributed by atoms with van der Waals surface area (Å²) in [6, 6.07) is 24.3. The fourth-order valence-electron chi connectivity index (χ4n) is 4.09. The smallest absolute Gasteiger partial charge is 0.339 e. The molecule has 4 aromatic carbocycles.